The summed E-state index contributed by atoms with van der Waals surface area (Å²) in [5, 5.41) is 11.1. The standard InChI is InChI=1S/C22H26O2/c1-10(2)16-14-6-7-15(16)19-18(14)21(23)20(22(19)24)17-12(4)8-11(3)9-13(17)5/h8-9,14-15,18-19,23H,6-7H2,1-5H3/t14-,15+,18-,19+/m0/s1. The number of aliphatic hydroxyl groups is 1. The molecule has 1 aromatic carbocycles. The summed E-state index contributed by atoms with van der Waals surface area (Å²) < 4.78 is 0. The molecule has 2 heteroatoms. The normalized spacial score (nSPS) is 31.2. The predicted octanol–water partition coefficient (Wildman–Crippen LogP) is 5.07. The minimum Gasteiger partial charge on any atom is -0.511 e. The van der Waals surface area contributed by atoms with Crippen LogP contribution in [0.2, 0.25) is 0 Å². The number of Topliss-reactive ketones (excluding diaryl/α,β-unsaturated/α-hetero) is 1. The van der Waals surface area contributed by atoms with Crippen LogP contribution in [0, 0.1) is 44.4 Å². The summed E-state index contributed by atoms with van der Waals surface area (Å²) in [7, 11) is 0. The molecule has 0 aliphatic heterocycles. The van der Waals surface area contributed by atoms with E-state index in [1.807, 2.05) is 13.8 Å². The number of carbonyl (C=O) groups excluding carboxylic acids is 1. The second-order valence-corrected chi connectivity index (χ2v) is 8.20. The first-order chi connectivity index (χ1) is 11.3. The highest BCUT2D eigenvalue weighted by Gasteiger charge is 2.60. The zero-order valence-corrected chi connectivity index (χ0v) is 15.2. The van der Waals surface area contributed by atoms with Gasteiger partial charge in [0.2, 0.25) is 0 Å². The van der Waals surface area contributed by atoms with Crippen LogP contribution in [-0.2, 0) is 4.79 Å². The lowest BCUT2D eigenvalue weighted by molar-refractivity contribution is -0.118. The lowest BCUT2D eigenvalue weighted by Crippen LogP contribution is -2.24. The summed E-state index contributed by atoms with van der Waals surface area (Å²) >= 11 is 0. The van der Waals surface area contributed by atoms with Crippen LogP contribution in [0.1, 0.15) is 48.9 Å². The number of rotatable bonds is 1. The van der Waals surface area contributed by atoms with Gasteiger partial charge < -0.3 is 5.11 Å². The number of hydrogen-bond donors (Lipinski definition) is 1. The second kappa shape index (κ2) is 5.08. The molecule has 0 radical (unpaired) electrons. The van der Waals surface area contributed by atoms with Crippen molar-refractivity contribution in [3.63, 3.8) is 0 Å². The average molecular weight is 322 g/mol. The van der Waals surface area contributed by atoms with Gasteiger partial charge >= 0.3 is 0 Å². The summed E-state index contributed by atoms with van der Waals surface area (Å²) in [5.74, 6) is 1.27. The van der Waals surface area contributed by atoms with Crippen LogP contribution in [0.15, 0.2) is 29.0 Å². The molecule has 0 heterocycles. The quantitative estimate of drug-likeness (QED) is 0.733. The number of benzene rings is 1. The van der Waals surface area contributed by atoms with Gasteiger partial charge in [-0.05, 0) is 76.0 Å². The maximum atomic E-state index is 13.3. The van der Waals surface area contributed by atoms with Crippen molar-refractivity contribution in [1.29, 1.82) is 0 Å². The number of hydrogen-bond acceptors (Lipinski definition) is 2. The van der Waals surface area contributed by atoms with Gasteiger partial charge in [0.1, 0.15) is 5.76 Å². The molecule has 1 N–H and O–H groups in total. The molecule has 1 aromatic rings. The zero-order chi connectivity index (χ0) is 17.3. The van der Waals surface area contributed by atoms with Crippen molar-refractivity contribution in [3.05, 3.63) is 51.3 Å². The van der Waals surface area contributed by atoms with Crippen LogP contribution < -0.4 is 0 Å². The van der Waals surface area contributed by atoms with Gasteiger partial charge in [0.05, 0.1) is 5.57 Å². The summed E-state index contributed by atoms with van der Waals surface area (Å²) in [4.78, 5) is 13.3. The third-order valence-corrected chi connectivity index (χ3v) is 6.47. The summed E-state index contributed by atoms with van der Waals surface area (Å²) in [6.45, 7) is 10.5. The van der Waals surface area contributed by atoms with Crippen LogP contribution >= 0.6 is 0 Å². The third kappa shape index (κ3) is 1.86. The first kappa shape index (κ1) is 15.7. The van der Waals surface area contributed by atoms with E-state index < -0.39 is 0 Å². The predicted molar refractivity (Wildman–Crippen MR) is 96.8 cm³/mol. The molecule has 126 valence electrons. The number of allylic oxidation sites excluding steroid dienone is 4. The summed E-state index contributed by atoms with van der Waals surface area (Å²) in [6.07, 6.45) is 2.22. The number of aryl methyl sites for hydroxylation is 3. The Labute approximate surface area is 144 Å². The van der Waals surface area contributed by atoms with Gasteiger partial charge in [-0.25, -0.2) is 0 Å². The highest BCUT2D eigenvalue weighted by molar-refractivity contribution is 6.26. The molecule has 2 saturated carbocycles. The molecule has 0 amide bonds. The Hall–Kier alpha value is -1.83. The second-order valence-electron chi connectivity index (χ2n) is 8.20. The smallest absolute Gasteiger partial charge is 0.171 e. The summed E-state index contributed by atoms with van der Waals surface area (Å²) in [5.41, 5.74) is 7.78. The third-order valence-electron chi connectivity index (χ3n) is 6.47. The summed E-state index contributed by atoms with van der Waals surface area (Å²) in [6, 6.07) is 4.22. The van der Waals surface area contributed by atoms with Crippen molar-refractivity contribution in [3.8, 4) is 0 Å². The fourth-order valence-corrected chi connectivity index (χ4v) is 5.92. The Kier molecular flexibility index (Phi) is 3.32. The Morgan fingerprint density at radius 2 is 1.54 bits per heavy atom. The minimum atomic E-state index is -0.0243. The van der Waals surface area contributed by atoms with Crippen LogP contribution in [-0.4, -0.2) is 10.9 Å². The SMILES string of the molecule is CC(C)=C1[C@H]2CC[C@@H]1[C@@H]1C(O)=C(c3c(C)cc(C)cc3C)C(=O)[C@@H]12. The molecule has 3 aliphatic carbocycles. The largest absolute Gasteiger partial charge is 0.511 e. The number of carbonyl (C=O) groups is 1. The van der Waals surface area contributed by atoms with E-state index in [0.717, 1.165) is 29.5 Å². The highest BCUT2D eigenvalue weighted by atomic mass is 16.3. The molecule has 4 atom stereocenters. The van der Waals surface area contributed by atoms with Crippen molar-refractivity contribution >= 4 is 11.4 Å². The topological polar surface area (TPSA) is 37.3 Å². The molecule has 4 rings (SSSR count). The van der Waals surface area contributed by atoms with E-state index in [1.54, 1.807) is 0 Å². The van der Waals surface area contributed by atoms with Gasteiger partial charge in [0.15, 0.2) is 5.78 Å². The van der Waals surface area contributed by atoms with Gasteiger partial charge in [-0.15, -0.1) is 0 Å². The molecule has 2 nitrogen and oxygen atoms in total. The zero-order valence-electron chi connectivity index (χ0n) is 15.2. The van der Waals surface area contributed by atoms with E-state index in [-0.39, 0.29) is 17.6 Å². The Bertz CT molecular complexity index is 797. The first-order valence-electron chi connectivity index (χ1n) is 9.05. The average Bonchev–Trinajstić information content (AvgIpc) is 3.11. The van der Waals surface area contributed by atoms with E-state index in [4.69, 9.17) is 0 Å². The van der Waals surface area contributed by atoms with Crippen molar-refractivity contribution in [2.75, 3.05) is 0 Å². The van der Waals surface area contributed by atoms with Gasteiger partial charge in [0.25, 0.3) is 0 Å². The first-order valence-corrected chi connectivity index (χ1v) is 9.05. The van der Waals surface area contributed by atoms with Gasteiger partial charge in [-0.2, -0.15) is 0 Å². The molecular formula is C22H26O2. The molecule has 0 unspecified atom stereocenters. The highest BCUT2D eigenvalue weighted by Crippen LogP contribution is 2.63. The Balaban J connectivity index is 1.88. The van der Waals surface area contributed by atoms with Crippen molar-refractivity contribution < 1.29 is 9.90 Å². The monoisotopic (exact) mass is 322 g/mol. The van der Waals surface area contributed by atoms with E-state index in [1.165, 1.54) is 16.7 Å². The lowest BCUT2D eigenvalue weighted by atomic mass is 9.80. The van der Waals surface area contributed by atoms with Crippen LogP contribution in [0.3, 0.4) is 0 Å². The van der Waals surface area contributed by atoms with Crippen molar-refractivity contribution in [2.24, 2.45) is 23.7 Å². The van der Waals surface area contributed by atoms with E-state index >= 15 is 0 Å². The number of ketones is 1. The molecule has 0 spiro atoms. The fraction of sp³-hybridized carbons (Fsp3) is 0.500. The molecule has 3 aliphatic rings. The van der Waals surface area contributed by atoms with E-state index in [2.05, 4.69) is 32.9 Å². The molecule has 0 aromatic heterocycles. The van der Waals surface area contributed by atoms with Crippen molar-refractivity contribution in [2.45, 2.75) is 47.5 Å². The van der Waals surface area contributed by atoms with Gasteiger partial charge in [0, 0.05) is 11.8 Å². The maximum absolute atomic E-state index is 13.3. The van der Waals surface area contributed by atoms with Crippen LogP contribution in [0.25, 0.3) is 5.57 Å². The van der Waals surface area contributed by atoms with Gasteiger partial charge in [-0.1, -0.05) is 28.8 Å². The number of fused-ring (bicyclic) bond motifs is 5. The molecule has 24 heavy (non-hydrogen) atoms. The minimum absolute atomic E-state index is 0.0243. The molecule has 2 bridgehead atoms. The Morgan fingerprint density at radius 1 is 1.00 bits per heavy atom. The maximum Gasteiger partial charge on any atom is 0.171 e. The van der Waals surface area contributed by atoms with Crippen molar-refractivity contribution in [1.82, 2.24) is 0 Å². The molecule has 2 fully saturated rings. The fourth-order valence-electron chi connectivity index (χ4n) is 5.92. The molecule has 0 saturated heterocycles. The van der Waals surface area contributed by atoms with Crippen LogP contribution in [0.5, 0.6) is 0 Å². The molecular weight excluding hydrogens is 296 g/mol. The van der Waals surface area contributed by atoms with E-state index in [9.17, 15) is 9.90 Å². The number of aliphatic hydroxyl groups excluding tert-OH is 1. The van der Waals surface area contributed by atoms with E-state index in [0.29, 0.717) is 23.2 Å². The van der Waals surface area contributed by atoms with Crippen LogP contribution in [0.4, 0.5) is 0 Å². The lowest BCUT2D eigenvalue weighted by Gasteiger charge is -2.22. The van der Waals surface area contributed by atoms with Gasteiger partial charge in [-0.3, -0.25) is 4.79 Å². The Morgan fingerprint density at radius 3 is 2.04 bits per heavy atom.